The van der Waals surface area contributed by atoms with Crippen molar-refractivity contribution in [2.45, 2.75) is 53.4 Å². The Morgan fingerprint density at radius 3 is 1.50 bits per heavy atom. The molecule has 1 unspecified atom stereocenters. The zero-order valence-electron chi connectivity index (χ0n) is 7.98. The van der Waals surface area contributed by atoms with Crippen LogP contribution in [0.3, 0.4) is 0 Å². The van der Waals surface area contributed by atoms with E-state index in [4.69, 9.17) is 0 Å². The molecule has 0 radical (unpaired) electrons. The second kappa shape index (κ2) is 5.76. The lowest BCUT2D eigenvalue weighted by atomic mass is 9.84. The standard InChI is InChI=1S/C8H16.C2H6/c1-7-4-3-5-8(2)6-7;1-2/h7-8H,3-6H2,1-2H3;1-2H3/t7-,8?;/m1./s1. The number of rotatable bonds is 0. The molecule has 1 saturated carbocycles. The molecule has 10 heavy (non-hydrogen) atoms. The van der Waals surface area contributed by atoms with Crippen molar-refractivity contribution in [3.05, 3.63) is 0 Å². The predicted octanol–water partition coefficient (Wildman–Crippen LogP) is 3.86. The van der Waals surface area contributed by atoms with E-state index in [1.807, 2.05) is 13.8 Å². The summed E-state index contributed by atoms with van der Waals surface area (Å²) in [6.07, 6.45) is 5.90. The van der Waals surface area contributed by atoms with Gasteiger partial charge in [-0.15, -0.1) is 0 Å². The Balaban J connectivity index is 0.000000371. The maximum Gasteiger partial charge on any atom is -0.0440 e. The molecule has 1 fully saturated rings. The third-order valence-corrected chi connectivity index (χ3v) is 2.20. The maximum atomic E-state index is 2.37. The highest BCUT2D eigenvalue weighted by molar-refractivity contribution is 4.66. The fourth-order valence-electron chi connectivity index (χ4n) is 1.74. The van der Waals surface area contributed by atoms with E-state index in [1.165, 1.54) is 25.7 Å². The van der Waals surface area contributed by atoms with Gasteiger partial charge in [0.15, 0.2) is 0 Å². The highest BCUT2D eigenvalue weighted by Gasteiger charge is 2.13. The van der Waals surface area contributed by atoms with Gasteiger partial charge in [-0.3, -0.25) is 0 Å². The minimum Gasteiger partial charge on any atom is -0.0683 e. The van der Waals surface area contributed by atoms with Gasteiger partial charge in [0, 0.05) is 0 Å². The van der Waals surface area contributed by atoms with E-state index in [-0.39, 0.29) is 0 Å². The van der Waals surface area contributed by atoms with Gasteiger partial charge in [-0.25, -0.2) is 0 Å². The van der Waals surface area contributed by atoms with Gasteiger partial charge in [0.2, 0.25) is 0 Å². The zero-order chi connectivity index (χ0) is 7.98. The molecule has 1 rings (SSSR count). The first kappa shape index (κ1) is 10.0. The van der Waals surface area contributed by atoms with E-state index < -0.39 is 0 Å². The quantitative estimate of drug-likeness (QED) is 0.482. The van der Waals surface area contributed by atoms with Crippen LogP contribution < -0.4 is 0 Å². The van der Waals surface area contributed by atoms with Crippen LogP contribution in [0.2, 0.25) is 0 Å². The van der Waals surface area contributed by atoms with Gasteiger partial charge < -0.3 is 0 Å². The van der Waals surface area contributed by atoms with Crippen LogP contribution in [0.25, 0.3) is 0 Å². The van der Waals surface area contributed by atoms with Crippen LogP contribution in [0.4, 0.5) is 0 Å². The highest BCUT2D eigenvalue weighted by atomic mass is 14.2. The molecular formula is C10H22. The largest absolute Gasteiger partial charge is 0.0683 e. The summed E-state index contributed by atoms with van der Waals surface area (Å²) in [6, 6.07) is 0. The first-order chi connectivity index (χ1) is 4.79. The van der Waals surface area contributed by atoms with Gasteiger partial charge in [-0.1, -0.05) is 47.0 Å². The van der Waals surface area contributed by atoms with Crippen molar-refractivity contribution in [3.8, 4) is 0 Å². The number of hydrogen-bond acceptors (Lipinski definition) is 0. The van der Waals surface area contributed by atoms with Crippen LogP contribution in [-0.4, -0.2) is 0 Å². The van der Waals surface area contributed by atoms with E-state index >= 15 is 0 Å². The van der Waals surface area contributed by atoms with E-state index in [1.54, 1.807) is 0 Å². The van der Waals surface area contributed by atoms with Crippen LogP contribution >= 0.6 is 0 Å². The fourth-order valence-corrected chi connectivity index (χ4v) is 1.74. The van der Waals surface area contributed by atoms with Crippen LogP contribution in [0.15, 0.2) is 0 Å². The SMILES string of the molecule is CC.CC1CCC[C@@H](C)C1. The lowest BCUT2D eigenvalue weighted by molar-refractivity contribution is 0.301. The second-order valence-corrected chi connectivity index (χ2v) is 3.38. The molecular weight excluding hydrogens is 120 g/mol. The lowest BCUT2D eigenvalue weighted by Gasteiger charge is -2.22. The summed E-state index contributed by atoms with van der Waals surface area (Å²) in [6.45, 7) is 8.74. The summed E-state index contributed by atoms with van der Waals surface area (Å²) in [5, 5.41) is 0. The molecule has 2 atom stereocenters. The summed E-state index contributed by atoms with van der Waals surface area (Å²) < 4.78 is 0. The molecule has 0 bridgehead atoms. The van der Waals surface area contributed by atoms with Crippen molar-refractivity contribution in [1.82, 2.24) is 0 Å². The predicted molar refractivity (Wildman–Crippen MR) is 48.1 cm³/mol. The van der Waals surface area contributed by atoms with Gasteiger partial charge in [0.05, 0.1) is 0 Å². The van der Waals surface area contributed by atoms with Crippen LogP contribution in [0.5, 0.6) is 0 Å². The Morgan fingerprint density at radius 1 is 0.900 bits per heavy atom. The van der Waals surface area contributed by atoms with Crippen LogP contribution in [0, 0.1) is 11.8 Å². The molecule has 1 aliphatic rings. The van der Waals surface area contributed by atoms with Gasteiger partial charge >= 0.3 is 0 Å². The van der Waals surface area contributed by atoms with Crippen molar-refractivity contribution >= 4 is 0 Å². The van der Waals surface area contributed by atoms with Gasteiger partial charge in [-0.05, 0) is 18.3 Å². The molecule has 0 aliphatic heterocycles. The maximum absolute atomic E-state index is 2.37. The summed E-state index contributed by atoms with van der Waals surface area (Å²) in [4.78, 5) is 0. The molecule has 0 saturated heterocycles. The average molecular weight is 142 g/mol. The summed E-state index contributed by atoms with van der Waals surface area (Å²) in [7, 11) is 0. The average Bonchev–Trinajstić information content (AvgIpc) is 1.91. The van der Waals surface area contributed by atoms with Gasteiger partial charge in [0.25, 0.3) is 0 Å². The Kier molecular flexibility index (Phi) is 5.76. The van der Waals surface area contributed by atoms with E-state index in [9.17, 15) is 0 Å². The summed E-state index contributed by atoms with van der Waals surface area (Å²) in [5.74, 6) is 2.03. The van der Waals surface area contributed by atoms with Crippen molar-refractivity contribution in [3.63, 3.8) is 0 Å². The van der Waals surface area contributed by atoms with Crippen molar-refractivity contribution < 1.29 is 0 Å². The first-order valence-corrected chi connectivity index (χ1v) is 4.79. The molecule has 0 heterocycles. The smallest absolute Gasteiger partial charge is 0.0440 e. The molecule has 0 nitrogen and oxygen atoms in total. The number of hydrogen-bond donors (Lipinski definition) is 0. The second-order valence-electron chi connectivity index (χ2n) is 3.38. The first-order valence-electron chi connectivity index (χ1n) is 4.79. The topological polar surface area (TPSA) is 0 Å². The van der Waals surface area contributed by atoms with E-state index in [0.717, 1.165) is 11.8 Å². The molecule has 0 aromatic heterocycles. The summed E-state index contributed by atoms with van der Waals surface area (Å²) >= 11 is 0. The zero-order valence-corrected chi connectivity index (χ0v) is 7.98. The molecule has 0 aromatic rings. The monoisotopic (exact) mass is 142 g/mol. The Labute approximate surface area is 66.0 Å². The molecule has 0 N–H and O–H groups in total. The Morgan fingerprint density at radius 2 is 1.30 bits per heavy atom. The van der Waals surface area contributed by atoms with E-state index in [0.29, 0.717) is 0 Å². The van der Waals surface area contributed by atoms with Crippen molar-refractivity contribution in [1.29, 1.82) is 0 Å². The Hall–Kier alpha value is 0. The van der Waals surface area contributed by atoms with Crippen molar-refractivity contribution in [2.75, 3.05) is 0 Å². The third kappa shape index (κ3) is 3.92. The van der Waals surface area contributed by atoms with Crippen LogP contribution in [-0.2, 0) is 0 Å². The third-order valence-electron chi connectivity index (χ3n) is 2.20. The van der Waals surface area contributed by atoms with Gasteiger partial charge in [-0.2, -0.15) is 0 Å². The lowest BCUT2D eigenvalue weighted by Crippen LogP contribution is -2.09. The molecule has 0 spiro atoms. The molecule has 62 valence electrons. The molecule has 0 heteroatoms. The minimum atomic E-state index is 1.01. The van der Waals surface area contributed by atoms with E-state index in [2.05, 4.69) is 13.8 Å². The Bertz CT molecular complexity index is 58.4. The molecule has 0 amide bonds. The normalized spacial score (nSPS) is 32.4. The molecule has 0 aromatic carbocycles. The van der Waals surface area contributed by atoms with Gasteiger partial charge in [0.1, 0.15) is 0 Å². The minimum absolute atomic E-state index is 1.01. The molecule has 1 aliphatic carbocycles. The van der Waals surface area contributed by atoms with Crippen LogP contribution in [0.1, 0.15) is 53.4 Å². The highest BCUT2D eigenvalue weighted by Crippen LogP contribution is 2.27. The summed E-state index contributed by atoms with van der Waals surface area (Å²) in [5.41, 5.74) is 0. The fraction of sp³-hybridized carbons (Fsp3) is 1.00. The van der Waals surface area contributed by atoms with Crippen molar-refractivity contribution in [2.24, 2.45) is 11.8 Å².